The van der Waals surface area contributed by atoms with Crippen LogP contribution in [0.2, 0.25) is 0 Å². The third kappa shape index (κ3) is 2.38. The maximum Gasteiger partial charge on any atom is 0.0541 e. The first-order chi connectivity index (χ1) is 12.8. The summed E-state index contributed by atoms with van der Waals surface area (Å²) < 4.78 is 3.46. The third-order valence-electron chi connectivity index (χ3n) is 4.87. The highest BCUT2D eigenvalue weighted by molar-refractivity contribution is 9.10. The molecule has 0 aliphatic heterocycles. The summed E-state index contributed by atoms with van der Waals surface area (Å²) in [5.74, 6) is 0. The SMILES string of the molecule is Brc1ccccc1-c1cccc(-n2c3ccccc3c3ccccc32)c1. The van der Waals surface area contributed by atoms with Crippen molar-refractivity contribution in [1.82, 2.24) is 4.57 Å². The van der Waals surface area contributed by atoms with Gasteiger partial charge in [0.05, 0.1) is 11.0 Å². The van der Waals surface area contributed by atoms with Gasteiger partial charge in [-0.15, -0.1) is 0 Å². The van der Waals surface area contributed by atoms with Crippen molar-refractivity contribution in [2.24, 2.45) is 0 Å². The predicted octanol–water partition coefficient (Wildman–Crippen LogP) is 7.21. The first-order valence-electron chi connectivity index (χ1n) is 8.66. The lowest BCUT2D eigenvalue weighted by Crippen LogP contribution is -1.94. The van der Waals surface area contributed by atoms with Gasteiger partial charge in [-0.25, -0.2) is 0 Å². The van der Waals surface area contributed by atoms with Crippen molar-refractivity contribution >= 4 is 37.7 Å². The summed E-state index contributed by atoms with van der Waals surface area (Å²) in [6.45, 7) is 0. The summed E-state index contributed by atoms with van der Waals surface area (Å²) >= 11 is 3.68. The van der Waals surface area contributed by atoms with Crippen molar-refractivity contribution in [3.8, 4) is 16.8 Å². The Labute approximate surface area is 160 Å². The van der Waals surface area contributed by atoms with Gasteiger partial charge < -0.3 is 4.57 Å². The van der Waals surface area contributed by atoms with Gasteiger partial charge in [0.25, 0.3) is 0 Å². The van der Waals surface area contributed by atoms with Crippen LogP contribution in [0.5, 0.6) is 0 Å². The molecule has 0 spiro atoms. The molecule has 0 atom stereocenters. The van der Waals surface area contributed by atoms with E-state index >= 15 is 0 Å². The quantitative estimate of drug-likeness (QED) is 0.296. The number of para-hydroxylation sites is 2. The van der Waals surface area contributed by atoms with Crippen LogP contribution >= 0.6 is 15.9 Å². The summed E-state index contributed by atoms with van der Waals surface area (Å²) in [6.07, 6.45) is 0. The topological polar surface area (TPSA) is 4.93 Å². The van der Waals surface area contributed by atoms with E-state index in [2.05, 4.69) is 111 Å². The minimum absolute atomic E-state index is 1.11. The largest absolute Gasteiger partial charge is 0.309 e. The Morgan fingerprint density at radius 2 is 1.19 bits per heavy atom. The van der Waals surface area contributed by atoms with Crippen molar-refractivity contribution in [2.75, 3.05) is 0 Å². The van der Waals surface area contributed by atoms with Gasteiger partial charge in [0.15, 0.2) is 0 Å². The second kappa shape index (κ2) is 6.15. The van der Waals surface area contributed by atoms with E-state index in [9.17, 15) is 0 Å². The van der Waals surface area contributed by atoms with Crippen LogP contribution in [-0.2, 0) is 0 Å². The minimum atomic E-state index is 1.11. The number of benzene rings is 4. The molecule has 0 aliphatic rings. The Hall–Kier alpha value is -2.84. The molecule has 5 rings (SSSR count). The average molecular weight is 398 g/mol. The van der Waals surface area contributed by atoms with Crippen LogP contribution in [0.4, 0.5) is 0 Å². The molecule has 2 heteroatoms. The number of hydrogen-bond acceptors (Lipinski definition) is 0. The molecule has 0 radical (unpaired) electrons. The average Bonchev–Trinajstić information content (AvgIpc) is 3.03. The molecule has 26 heavy (non-hydrogen) atoms. The molecule has 0 fully saturated rings. The molecule has 1 nitrogen and oxygen atoms in total. The Bertz CT molecular complexity index is 1200. The van der Waals surface area contributed by atoms with Crippen LogP contribution in [0, 0.1) is 0 Å². The first kappa shape index (κ1) is 15.4. The number of aromatic nitrogens is 1. The Balaban J connectivity index is 1.81. The fourth-order valence-electron chi connectivity index (χ4n) is 3.71. The molecule has 0 aliphatic carbocycles. The summed E-state index contributed by atoms with van der Waals surface area (Å²) in [6, 6.07) is 34.3. The number of halogens is 1. The fraction of sp³-hybridized carbons (Fsp3) is 0. The van der Waals surface area contributed by atoms with Gasteiger partial charge in [0.2, 0.25) is 0 Å². The van der Waals surface area contributed by atoms with Crippen molar-refractivity contribution < 1.29 is 0 Å². The molecule has 0 saturated heterocycles. The lowest BCUT2D eigenvalue weighted by Gasteiger charge is -2.11. The van der Waals surface area contributed by atoms with Gasteiger partial charge in [0.1, 0.15) is 0 Å². The zero-order valence-corrected chi connectivity index (χ0v) is 15.6. The van der Waals surface area contributed by atoms with Crippen molar-refractivity contribution in [1.29, 1.82) is 0 Å². The fourth-order valence-corrected chi connectivity index (χ4v) is 4.22. The number of rotatable bonds is 2. The Morgan fingerprint density at radius 3 is 1.88 bits per heavy atom. The normalized spacial score (nSPS) is 11.3. The molecule has 0 unspecified atom stereocenters. The molecule has 1 aromatic heterocycles. The van der Waals surface area contributed by atoms with Crippen LogP contribution in [-0.4, -0.2) is 4.57 Å². The standard InChI is InChI=1S/C24H16BrN/c25-22-13-4-1-10-19(22)17-8-7-9-18(16-17)26-23-14-5-2-11-20(23)21-12-3-6-15-24(21)26/h1-16H. The van der Waals surface area contributed by atoms with E-state index in [-0.39, 0.29) is 0 Å². The highest BCUT2D eigenvalue weighted by atomic mass is 79.9. The molecular formula is C24H16BrN. The minimum Gasteiger partial charge on any atom is -0.309 e. The molecule has 0 amide bonds. The van der Waals surface area contributed by atoms with E-state index in [0.717, 1.165) is 4.47 Å². The lowest BCUT2D eigenvalue weighted by molar-refractivity contribution is 1.18. The lowest BCUT2D eigenvalue weighted by atomic mass is 10.1. The number of nitrogens with zero attached hydrogens (tertiary/aromatic N) is 1. The highest BCUT2D eigenvalue weighted by Crippen LogP contribution is 2.34. The van der Waals surface area contributed by atoms with Gasteiger partial charge in [0, 0.05) is 20.9 Å². The van der Waals surface area contributed by atoms with E-state index in [4.69, 9.17) is 0 Å². The van der Waals surface area contributed by atoms with E-state index in [0.29, 0.717) is 0 Å². The maximum absolute atomic E-state index is 3.68. The zero-order chi connectivity index (χ0) is 17.5. The monoisotopic (exact) mass is 397 g/mol. The van der Waals surface area contributed by atoms with Gasteiger partial charge in [-0.1, -0.05) is 82.7 Å². The molecule has 5 aromatic rings. The van der Waals surface area contributed by atoms with E-state index in [1.807, 2.05) is 6.07 Å². The van der Waals surface area contributed by atoms with Crippen LogP contribution < -0.4 is 0 Å². The first-order valence-corrected chi connectivity index (χ1v) is 9.46. The van der Waals surface area contributed by atoms with Gasteiger partial charge >= 0.3 is 0 Å². The highest BCUT2D eigenvalue weighted by Gasteiger charge is 2.12. The van der Waals surface area contributed by atoms with Gasteiger partial charge in [-0.05, 0) is 41.5 Å². The van der Waals surface area contributed by atoms with Crippen molar-refractivity contribution in [2.45, 2.75) is 0 Å². The Morgan fingerprint density at radius 1 is 0.577 bits per heavy atom. The van der Waals surface area contributed by atoms with Gasteiger partial charge in [-0.2, -0.15) is 0 Å². The molecule has 1 heterocycles. The Kier molecular flexibility index (Phi) is 3.65. The van der Waals surface area contributed by atoms with Crippen LogP contribution in [0.25, 0.3) is 38.6 Å². The van der Waals surface area contributed by atoms with E-state index in [1.54, 1.807) is 0 Å². The molecule has 0 saturated carbocycles. The predicted molar refractivity (Wildman–Crippen MR) is 114 cm³/mol. The van der Waals surface area contributed by atoms with E-state index in [1.165, 1.54) is 38.6 Å². The number of fused-ring (bicyclic) bond motifs is 3. The van der Waals surface area contributed by atoms with Crippen LogP contribution in [0.3, 0.4) is 0 Å². The van der Waals surface area contributed by atoms with Crippen LogP contribution in [0.1, 0.15) is 0 Å². The molecule has 124 valence electrons. The second-order valence-electron chi connectivity index (χ2n) is 6.40. The smallest absolute Gasteiger partial charge is 0.0541 e. The second-order valence-corrected chi connectivity index (χ2v) is 7.25. The summed E-state index contributed by atoms with van der Waals surface area (Å²) in [4.78, 5) is 0. The molecular weight excluding hydrogens is 382 g/mol. The number of hydrogen-bond donors (Lipinski definition) is 0. The van der Waals surface area contributed by atoms with Crippen molar-refractivity contribution in [3.05, 3.63) is 102 Å². The molecule has 0 N–H and O–H groups in total. The molecule has 0 bridgehead atoms. The summed E-state index contributed by atoms with van der Waals surface area (Å²) in [7, 11) is 0. The zero-order valence-electron chi connectivity index (χ0n) is 14.1. The third-order valence-corrected chi connectivity index (χ3v) is 5.56. The summed E-state index contributed by atoms with van der Waals surface area (Å²) in [5.41, 5.74) is 6.05. The maximum atomic E-state index is 3.68. The van der Waals surface area contributed by atoms with Crippen LogP contribution in [0.15, 0.2) is 102 Å². The van der Waals surface area contributed by atoms with E-state index < -0.39 is 0 Å². The van der Waals surface area contributed by atoms with Gasteiger partial charge in [-0.3, -0.25) is 0 Å². The van der Waals surface area contributed by atoms with Crippen molar-refractivity contribution in [3.63, 3.8) is 0 Å². The summed E-state index contributed by atoms with van der Waals surface area (Å²) in [5, 5.41) is 2.57. The molecule has 4 aromatic carbocycles.